The van der Waals surface area contributed by atoms with Crippen LogP contribution < -0.4 is 5.32 Å². The number of aryl methyl sites for hydroxylation is 2. The molecule has 1 aromatic heterocycles. The molecular formula is C12H23N3O2. The van der Waals surface area contributed by atoms with E-state index >= 15 is 0 Å². The fraction of sp³-hybridized carbons (Fsp3) is 0.750. The van der Waals surface area contributed by atoms with E-state index in [9.17, 15) is 0 Å². The number of hydrogen-bond acceptors (Lipinski definition) is 4. The highest BCUT2D eigenvalue weighted by Gasteiger charge is 2.04. The Morgan fingerprint density at radius 3 is 2.71 bits per heavy atom. The zero-order chi connectivity index (χ0) is 12.5. The predicted octanol–water partition coefficient (Wildman–Crippen LogP) is 1.68. The molecule has 0 amide bonds. The standard InChI is InChI=1S/C12H23N3O2/c1-11-10-15(7-4-5-8-16-2)12(14-11)13-6-9-17-3/h10H,4-9H2,1-3H3,(H,13,14). The quantitative estimate of drug-likeness (QED) is 0.668. The van der Waals surface area contributed by atoms with Gasteiger partial charge >= 0.3 is 0 Å². The van der Waals surface area contributed by atoms with E-state index in [-0.39, 0.29) is 0 Å². The summed E-state index contributed by atoms with van der Waals surface area (Å²) < 4.78 is 12.2. The first-order chi connectivity index (χ1) is 8.27. The summed E-state index contributed by atoms with van der Waals surface area (Å²) in [7, 11) is 3.43. The first-order valence-electron chi connectivity index (χ1n) is 6.03. The Morgan fingerprint density at radius 1 is 1.24 bits per heavy atom. The third-order valence-corrected chi connectivity index (χ3v) is 2.48. The average molecular weight is 241 g/mol. The lowest BCUT2D eigenvalue weighted by molar-refractivity contribution is 0.191. The molecule has 0 fully saturated rings. The van der Waals surface area contributed by atoms with Crippen molar-refractivity contribution in [3.05, 3.63) is 11.9 Å². The average Bonchev–Trinajstić information content (AvgIpc) is 2.66. The molecule has 0 aromatic carbocycles. The van der Waals surface area contributed by atoms with E-state index in [2.05, 4.69) is 21.1 Å². The minimum Gasteiger partial charge on any atom is -0.385 e. The van der Waals surface area contributed by atoms with Gasteiger partial charge < -0.3 is 19.4 Å². The molecule has 0 aliphatic carbocycles. The number of nitrogens with one attached hydrogen (secondary N) is 1. The van der Waals surface area contributed by atoms with Gasteiger partial charge in [0, 0.05) is 40.1 Å². The number of anilines is 1. The van der Waals surface area contributed by atoms with Crippen molar-refractivity contribution in [3.63, 3.8) is 0 Å². The second-order valence-corrected chi connectivity index (χ2v) is 4.02. The van der Waals surface area contributed by atoms with E-state index in [0.29, 0.717) is 6.61 Å². The molecule has 0 saturated heterocycles. The molecule has 0 saturated carbocycles. The fourth-order valence-electron chi connectivity index (χ4n) is 1.65. The summed E-state index contributed by atoms with van der Waals surface area (Å²) in [6, 6.07) is 0. The van der Waals surface area contributed by atoms with E-state index in [1.54, 1.807) is 14.2 Å². The van der Waals surface area contributed by atoms with Crippen LogP contribution in [0.2, 0.25) is 0 Å². The molecule has 98 valence electrons. The summed E-state index contributed by atoms with van der Waals surface area (Å²) in [5.74, 6) is 0.928. The van der Waals surface area contributed by atoms with E-state index < -0.39 is 0 Å². The molecular weight excluding hydrogens is 218 g/mol. The highest BCUT2D eigenvalue weighted by atomic mass is 16.5. The summed E-state index contributed by atoms with van der Waals surface area (Å²) in [6.45, 7) is 5.27. The first-order valence-corrected chi connectivity index (χ1v) is 6.03. The normalized spacial score (nSPS) is 10.8. The minimum atomic E-state index is 0.690. The maximum Gasteiger partial charge on any atom is 0.203 e. The second-order valence-electron chi connectivity index (χ2n) is 4.02. The Hall–Kier alpha value is -1.07. The summed E-state index contributed by atoms with van der Waals surface area (Å²) in [4.78, 5) is 4.45. The summed E-state index contributed by atoms with van der Waals surface area (Å²) in [5, 5.41) is 3.27. The molecule has 0 unspecified atom stereocenters. The third kappa shape index (κ3) is 5.19. The monoisotopic (exact) mass is 241 g/mol. The fourth-order valence-corrected chi connectivity index (χ4v) is 1.65. The molecule has 0 bridgehead atoms. The van der Waals surface area contributed by atoms with Gasteiger partial charge in [0.2, 0.25) is 5.95 Å². The molecule has 1 rings (SSSR count). The van der Waals surface area contributed by atoms with E-state index in [1.165, 1.54) is 0 Å². The van der Waals surface area contributed by atoms with Gasteiger partial charge in [-0.2, -0.15) is 0 Å². The van der Waals surface area contributed by atoms with Crippen LogP contribution >= 0.6 is 0 Å². The zero-order valence-electron chi connectivity index (χ0n) is 11.0. The topological polar surface area (TPSA) is 48.3 Å². The second kappa shape index (κ2) is 8.08. The van der Waals surface area contributed by atoms with Crippen LogP contribution in [0, 0.1) is 6.92 Å². The number of unbranched alkanes of at least 4 members (excludes halogenated alkanes) is 1. The summed E-state index contributed by atoms with van der Waals surface area (Å²) in [6.07, 6.45) is 4.25. The van der Waals surface area contributed by atoms with Gasteiger partial charge in [-0.1, -0.05) is 0 Å². The summed E-state index contributed by atoms with van der Waals surface area (Å²) in [5.41, 5.74) is 1.04. The Labute approximate surface area is 103 Å². The predicted molar refractivity (Wildman–Crippen MR) is 68.4 cm³/mol. The van der Waals surface area contributed by atoms with Crippen LogP contribution in [0.3, 0.4) is 0 Å². The maximum atomic E-state index is 5.04. The van der Waals surface area contributed by atoms with Crippen LogP contribution in [0.15, 0.2) is 6.20 Å². The largest absolute Gasteiger partial charge is 0.385 e. The Morgan fingerprint density at radius 2 is 2.00 bits per heavy atom. The van der Waals surface area contributed by atoms with Crippen molar-refractivity contribution in [1.29, 1.82) is 0 Å². The number of ether oxygens (including phenoxy) is 2. The molecule has 1 aromatic rings. The van der Waals surface area contributed by atoms with Gasteiger partial charge in [-0.05, 0) is 19.8 Å². The van der Waals surface area contributed by atoms with Crippen LogP contribution in [0.4, 0.5) is 5.95 Å². The van der Waals surface area contributed by atoms with Crippen molar-refractivity contribution in [1.82, 2.24) is 9.55 Å². The Kier molecular flexibility index (Phi) is 6.65. The Bertz CT molecular complexity index is 313. The van der Waals surface area contributed by atoms with Gasteiger partial charge in [0.15, 0.2) is 0 Å². The highest BCUT2D eigenvalue weighted by molar-refractivity contribution is 5.28. The molecule has 1 heterocycles. The lowest BCUT2D eigenvalue weighted by Crippen LogP contribution is -2.12. The van der Waals surface area contributed by atoms with Crippen LogP contribution in [0.1, 0.15) is 18.5 Å². The molecule has 5 heteroatoms. The van der Waals surface area contributed by atoms with Crippen molar-refractivity contribution >= 4 is 5.95 Å². The van der Waals surface area contributed by atoms with Gasteiger partial charge in [-0.25, -0.2) is 4.98 Å². The van der Waals surface area contributed by atoms with Crippen molar-refractivity contribution < 1.29 is 9.47 Å². The molecule has 0 spiro atoms. The molecule has 5 nitrogen and oxygen atoms in total. The van der Waals surface area contributed by atoms with Crippen LogP contribution in [-0.2, 0) is 16.0 Å². The summed E-state index contributed by atoms with van der Waals surface area (Å²) >= 11 is 0. The van der Waals surface area contributed by atoms with Gasteiger partial charge in [0.05, 0.1) is 12.3 Å². The molecule has 0 aliphatic rings. The van der Waals surface area contributed by atoms with Gasteiger partial charge in [-0.15, -0.1) is 0 Å². The van der Waals surface area contributed by atoms with Crippen LogP contribution in [0.25, 0.3) is 0 Å². The maximum absolute atomic E-state index is 5.04. The van der Waals surface area contributed by atoms with Crippen LogP contribution in [-0.4, -0.2) is 43.5 Å². The van der Waals surface area contributed by atoms with Crippen molar-refractivity contribution in [3.8, 4) is 0 Å². The number of aromatic nitrogens is 2. The lowest BCUT2D eigenvalue weighted by atomic mass is 10.3. The zero-order valence-corrected chi connectivity index (χ0v) is 11.0. The van der Waals surface area contributed by atoms with Crippen molar-refractivity contribution in [2.24, 2.45) is 0 Å². The minimum absolute atomic E-state index is 0.690. The number of hydrogen-bond donors (Lipinski definition) is 1. The highest BCUT2D eigenvalue weighted by Crippen LogP contribution is 2.09. The molecule has 0 radical (unpaired) electrons. The van der Waals surface area contributed by atoms with Gasteiger partial charge in [0.25, 0.3) is 0 Å². The number of rotatable bonds is 9. The number of methoxy groups -OCH3 is 2. The number of nitrogens with zero attached hydrogens (tertiary/aromatic N) is 2. The number of imidazole rings is 1. The molecule has 1 N–H and O–H groups in total. The van der Waals surface area contributed by atoms with E-state index in [0.717, 1.165) is 44.2 Å². The van der Waals surface area contributed by atoms with E-state index in [4.69, 9.17) is 9.47 Å². The SMILES string of the molecule is COCCCCn1cc(C)nc1NCCOC. The third-order valence-electron chi connectivity index (χ3n) is 2.48. The van der Waals surface area contributed by atoms with Crippen molar-refractivity contribution in [2.45, 2.75) is 26.3 Å². The van der Waals surface area contributed by atoms with Gasteiger partial charge in [-0.3, -0.25) is 0 Å². The van der Waals surface area contributed by atoms with Crippen LogP contribution in [0.5, 0.6) is 0 Å². The van der Waals surface area contributed by atoms with E-state index in [1.807, 2.05) is 6.92 Å². The van der Waals surface area contributed by atoms with Gasteiger partial charge in [0.1, 0.15) is 0 Å². The Balaban J connectivity index is 2.40. The molecule has 17 heavy (non-hydrogen) atoms. The first kappa shape index (κ1) is 14.0. The van der Waals surface area contributed by atoms with Crippen molar-refractivity contribution in [2.75, 3.05) is 39.3 Å². The smallest absolute Gasteiger partial charge is 0.203 e. The molecule has 0 aliphatic heterocycles. The lowest BCUT2D eigenvalue weighted by Gasteiger charge is -2.09. The molecule has 0 atom stereocenters.